The van der Waals surface area contributed by atoms with E-state index >= 15 is 0 Å². The molecule has 0 atom stereocenters. The Bertz CT molecular complexity index is 1660. The Kier molecular flexibility index (Phi) is 4.10. The average Bonchev–Trinajstić information content (AvgIpc) is 3.38. The van der Waals surface area contributed by atoms with Gasteiger partial charge in [0, 0.05) is 57.4 Å². The topological polar surface area (TPSA) is 114 Å². The van der Waals surface area contributed by atoms with Crippen molar-refractivity contribution in [2.24, 2.45) is 0 Å². The molecule has 0 radical (unpaired) electrons. The van der Waals surface area contributed by atoms with Gasteiger partial charge in [0.2, 0.25) is 12.2 Å². The molecule has 8 heteroatoms. The van der Waals surface area contributed by atoms with Crippen molar-refractivity contribution in [1.82, 2.24) is 4.57 Å². The number of hydrogen-bond acceptors (Lipinski definition) is 7. The molecule has 170 valence electrons. The van der Waals surface area contributed by atoms with Gasteiger partial charge >= 0.3 is 0 Å². The lowest BCUT2D eigenvalue weighted by atomic mass is 9.93. The maximum Gasteiger partial charge on any atom is 0.231 e. The van der Waals surface area contributed by atoms with Gasteiger partial charge in [-0.25, -0.2) is 0 Å². The zero-order valence-corrected chi connectivity index (χ0v) is 18.2. The number of benzene rings is 3. The van der Waals surface area contributed by atoms with Gasteiger partial charge in [0.1, 0.15) is 11.3 Å². The lowest BCUT2D eigenvalue weighted by Crippen LogP contribution is -2.02. The minimum absolute atomic E-state index is 0.181. The molecule has 0 spiro atoms. The molecule has 0 fully saturated rings. The Balaban J connectivity index is 1.68. The number of fused-ring (bicyclic) bond motifs is 3. The predicted octanol–water partition coefficient (Wildman–Crippen LogP) is 4.82. The van der Waals surface area contributed by atoms with Gasteiger partial charge in [-0.3, -0.25) is 4.79 Å². The Morgan fingerprint density at radius 2 is 1.59 bits per heavy atom. The van der Waals surface area contributed by atoms with Gasteiger partial charge in [0.15, 0.2) is 28.7 Å². The van der Waals surface area contributed by atoms with Crippen LogP contribution in [0.1, 0.15) is 11.4 Å². The third-order valence-corrected chi connectivity index (χ3v) is 6.21. The van der Waals surface area contributed by atoms with Crippen LogP contribution < -0.4 is 14.9 Å². The van der Waals surface area contributed by atoms with E-state index < -0.39 is 11.2 Å². The molecule has 0 amide bonds. The second-order valence-corrected chi connectivity index (χ2v) is 8.29. The molecular formula is C26H19NO7. The molecule has 0 bridgehead atoms. The van der Waals surface area contributed by atoms with Crippen molar-refractivity contribution >= 4 is 11.0 Å². The minimum Gasteiger partial charge on any atom is -0.504 e. The Labute approximate surface area is 192 Å². The van der Waals surface area contributed by atoms with E-state index in [1.807, 2.05) is 38.1 Å². The molecule has 3 heterocycles. The number of aromatic hydroxyl groups is 3. The molecule has 0 unspecified atom stereocenters. The highest BCUT2D eigenvalue weighted by molar-refractivity contribution is 6.03. The maximum absolute atomic E-state index is 12.1. The van der Waals surface area contributed by atoms with Crippen LogP contribution in [0.15, 0.2) is 57.7 Å². The zero-order valence-electron chi connectivity index (χ0n) is 18.2. The molecule has 2 aliphatic heterocycles. The summed E-state index contributed by atoms with van der Waals surface area (Å²) in [7, 11) is 0. The minimum atomic E-state index is -0.574. The highest BCUT2D eigenvalue weighted by atomic mass is 16.7. The lowest BCUT2D eigenvalue weighted by Gasteiger charge is -2.16. The van der Waals surface area contributed by atoms with Crippen molar-refractivity contribution in [3.05, 3.63) is 70.1 Å². The largest absolute Gasteiger partial charge is 0.504 e. The van der Waals surface area contributed by atoms with Crippen LogP contribution in [0.2, 0.25) is 0 Å². The first-order valence-electron chi connectivity index (χ1n) is 10.6. The van der Waals surface area contributed by atoms with Crippen LogP contribution in [-0.2, 0) is 0 Å². The smallest absolute Gasteiger partial charge is 0.231 e. The van der Waals surface area contributed by atoms with Gasteiger partial charge < -0.3 is 33.8 Å². The first-order valence-corrected chi connectivity index (χ1v) is 10.6. The number of rotatable bonds is 2. The summed E-state index contributed by atoms with van der Waals surface area (Å²) < 4.78 is 18.9. The number of phenolic OH excluding ortho intramolecular Hbond substituents is 3. The Morgan fingerprint density at radius 1 is 0.824 bits per heavy atom. The molecule has 2 aromatic carbocycles. The van der Waals surface area contributed by atoms with Crippen LogP contribution in [0.25, 0.3) is 39.1 Å². The van der Waals surface area contributed by atoms with Crippen LogP contribution in [-0.4, -0.2) is 26.7 Å². The van der Waals surface area contributed by atoms with E-state index in [4.69, 9.17) is 13.9 Å². The standard InChI is InChI=1S/C26H19NO7/c1-12-5-15(13(2)27(12)14-3-4-22-25(6-14)33-11-32-22)26-16-7-18(28)20(30)9-23(16)34-24-10-21(31)19(29)8-17(24)26/h3-10,28-30H,11H2,1-2H3. The Hall–Kier alpha value is -4.59. The summed E-state index contributed by atoms with van der Waals surface area (Å²) in [6.45, 7) is 4.10. The normalized spacial score (nSPS) is 12.6. The summed E-state index contributed by atoms with van der Waals surface area (Å²) in [6, 6.07) is 13.0. The van der Waals surface area contributed by atoms with Crippen molar-refractivity contribution in [3.8, 4) is 56.9 Å². The molecule has 3 aliphatic rings. The van der Waals surface area contributed by atoms with E-state index in [1.165, 1.54) is 24.3 Å². The van der Waals surface area contributed by atoms with E-state index in [0.29, 0.717) is 28.0 Å². The second kappa shape index (κ2) is 6.95. The zero-order chi connectivity index (χ0) is 23.7. The third kappa shape index (κ3) is 2.82. The molecule has 34 heavy (non-hydrogen) atoms. The van der Waals surface area contributed by atoms with Crippen LogP contribution >= 0.6 is 0 Å². The molecule has 6 rings (SSSR count). The summed E-state index contributed by atoms with van der Waals surface area (Å²) in [5.41, 5.74) is 4.37. The Morgan fingerprint density at radius 3 is 2.41 bits per heavy atom. The van der Waals surface area contributed by atoms with Crippen molar-refractivity contribution in [2.45, 2.75) is 13.8 Å². The quantitative estimate of drug-likeness (QED) is 0.257. The third-order valence-electron chi connectivity index (χ3n) is 6.21. The molecule has 1 aliphatic carbocycles. The van der Waals surface area contributed by atoms with E-state index in [9.17, 15) is 20.1 Å². The SMILES string of the molecule is Cc1cc(-c2c3cc(O)c(=O)cc-3oc3cc(O)c(O)cc23)c(C)n1-c1ccc2c(c1)OCO2. The molecular weight excluding hydrogens is 438 g/mol. The lowest BCUT2D eigenvalue weighted by molar-refractivity contribution is 0.174. The van der Waals surface area contributed by atoms with Gasteiger partial charge in [-0.2, -0.15) is 0 Å². The first-order chi connectivity index (χ1) is 16.3. The number of nitrogens with zero attached hydrogens (tertiary/aromatic N) is 1. The molecule has 1 aromatic heterocycles. The van der Waals surface area contributed by atoms with E-state index in [-0.39, 0.29) is 29.6 Å². The van der Waals surface area contributed by atoms with Gasteiger partial charge in [0.05, 0.1) is 0 Å². The van der Waals surface area contributed by atoms with E-state index in [0.717, 1.165) is 22.6 Å². The summed E-state index contributed by atoms with van der Waals surface area (Å²) in [5.74, 6) is 0.548. The van der Waals surface area contributed by atoms with Gasteiger partial charge in [0.25, 0.3) is 0 Å². The monoisotopic (exact) mass is 457 g/mol. The average molecular weight is 457 g/mol. The summed E-state index contributed by atoms with van der Waals surface area (Å²) in [6.07, 6.45) is 0. The number of ether oxygens (including phenoxy) is 2. The fourth-order valence-corrected chi connectivity index (χ4v) is 4.66. The molecule has 3 N–H and O–H groups in total. The van der Waals surface area contributed by atoms with Crippen LogP contribution in [0.3, 0.4) is 0 Å². The van der Waals surface area contributed by atoms with Crippen molar-refractivity contribution in [2.75, 3.05) is 6.79 Å². The van der Waals surface area contributed by atoms with Gasteiger partial charge in [-0.05, 0) is 44.2 Å². The molecule has 8 nitrogen and oxygen atoms in total. The predicted molar refractivity (Wildman–Crippen MR) is 124 cm³/mol. The van der Waals surface area contributed by atoms with Crippen molar-refractivity contribution in [3.63, 3.8) is 0 Å². The molecule has 0 saturated carbocycles. The summed E-state index contributed by atoms with van der Waals surface area (Å²) >= 11 is 0. The fourth-order valence-electron chi connectivity index (χ4n) is 4.66. The maximum atomic E-state index is 12.1. The number of hydrogen-bond donors (Lipinski definition) is 3. The van der Waals surface area contributed by atoms with Crippen LogP contribution in [0.5, 0.6) is 28.7 Å². The van der Waals surface area contributed by atoms with Crippen molar-refractivity contribution < 1.29 is 29.2 Å². The van der Waals surface area contributed by atoms with Crippen LogP contribution in [0.4, 0.5) is 0 Å². The fraction of sp³-hybridized carbons (Fsp3) is 0.115. The van der Waals surface area contributed by atoms with Gasteiger partial charge in [-0.15, -0.1) is 0 Å². The van der Waals surface area contributed by atoms with E-state index in [1.54, 1.807) is 0 Å². The first kappa shape index (κ1) is 20.0. The van der Waals surface area contributed by atoms with E-state index in [2.05, 4.69) is 4.57 Å². The van der Waals surface area contributed by atoms with Gasteiger partial charge in [-0.1, -0.05) is 0 Å². The second-order valence-electron chi connectivity index (χ2n) is 8.29. The highest BCUT2D eigenvalue weighted by Crippen LogP contribution is 2.46. The van der Waals surface area contributed by atoms with Crippen LogP contribution in [0, 0.1) is 13.8 Å². The summed E-state index contributed by atoms with van der Waals surface area (Å²) in [5, 5.41) is 31.0. The number of aryl methyl sites for hydroxylation is 1. The number of phenols is 3. The molecule has 0 saturated heterocycles. The highest BCUT2D eigenvalue weighted by Gasteiger charge is 2.24. The molecule has 3 aromatic rings. The number of aromatic nitrogens is 1. The summed E-state index contributed by atoms with van der Waals surface area (Å²) in [4.78, 5) is 12.1. The van der Waals surface area contributed by atoms with Crippen molar-refractivity contribution in [1.29, 1.82) is 0 Å².